The van der Waals surface area contributed by atoms with Crippen molar-refractivity contribution in [3.05, 3.63) is 35.2 Å². The molecule has 0 saturated carbocycles. The Morgan fingerprint density at radius 2 is 1.93 bits per heavy atom. The van der Waals surface area contributed by atoms with Crippen LogP contribution >= 0.6 is 15.9 Å². The summed E-state index contributed by atoms with van der Waals surface area (Å²) in [5.41, 5.74) is 5.35. The zero-order chi connectivity index (χ0) is 10.7. The maximum atomic E-state index is 5.43. The van der Waals surface area contributed by atoms with E-state index in [4.69, 9.17) is 10.5 Å². The highest BCUT2D eigenvalue weighted by molar-refractivity contribution is 9.10. The molecule has 0 amide bonds. The van der Waals surface area contributed by atoms with Gasteiger partial charge in [0.1, 0.15) is 0 Å². The molecule has 0 saturated heterocycles. The minimum Gasteiger partial charge on any atom is -0.435 e. The lowest BCUT2D eigenvalue weighted by molar-refractivity contribution is 0.455. The summed E-state index contributed by atoms with van der Waals surface area (Å²) in [5, 5.41) is 0. The number of hydrogen-bond acceptors (Lipinski definition) is 5. The number of halogens is 1. The number of nitrogen functional groups attached to an aromatic ring is 1. The lowest BCUT2D eigenvalue weighted by Crippen LogP contribution is -1.95. The number of hydrogen-bond donors (Lipinski definition) is 1. The molecule has 0 bridgehead atoms. The molecule has 0 spiro atoms. The summed E-state index contributed by atoms with van der Waals surface area (Å²) >= 11 is 3.32. The van der Waals surface area contributed by atoms with Crippen molar-refractivity contribution in [3.63, 3.8) is 0 Å². The molecular weight excluding hydrogens is 260 g/mol. The molecule has 6 heteroatoms. The van der Waals surface area contributed by atoms with Gasteiger partial charge in [-0.25, -0.2) is 15.0 Å². The number of rotatable bonds is 2. The van der Waals surface area contributed by atoms with E-state index in [9.17, 15) is 0 Å². The van der Waals surface area contributed by atoms with Crippen molar-refractivity contribution < 1.29 is 4.74 Å². The van der Waals surface area contributed by atoms with Gasteiger partial charge in [0.25, 0.3) is 0 Å². The third kappa shape index (κ3) is 2.41. The Morgan fingerprint density at radius 3 is 2.60 bits per heavy atom. The molecule has 2 rings (SSSR count). The lowest BCUT2D eigenvalue weighted by Gasteiger charge is -2.04. The minimum atomic E-state index is 0.211. The second kappa shape index (κ2) is 4.22. The molecule has 0 unspecified atom stereocenters. The Kier molecular flexibility index (Phi) is 2.77. The van der Waals surface area contributed by atoms with E-state index in [2.05, 4.69) is 30.9 Å². The Hall–Kier alpha value is -1.69. The van der Waals surface area contributed by atoms with Crippen LogP contribution in [-0.2, 0) is 0 Å². The maximum Gasteiger partial charge on any atom is 0.233 e. The van der Waals surface area contributed by atoms with Crippen LogP contribution in [0.1, 0.15) is 0 Å². The van der Waals surface area contributed by atoms with Crippen molar-refractivity contribution in [2.75, 3.05) is 5.73 Å². The highest BCUT2D eigenvalue weighted by Gasteiger charge is 2.03. The Labute approximate surface area is 94.5 Å². The fourth-order valence-electron chi connectivity index (χ4n) is 0.937. The third-order valence-electron chi connectivity index (χ3n) is 1.59. The van der Waals surface area contributed by atoms with Gasteiger partial charge in [0.15, 0.2) is 5.75 Å². The van der Waals surface area contributed by atoms with Gasteiger partial charge in [-0.2, -0.15) is 0 Å². The Morgan fingerprint density at radius 1 is 1.20 bits per heavy atom. The van der Waals surface area contributed by atoms with Crippen molar-refractivity contribution in [2.45, 2.75) is 0 Å². The zero-order valence-corrected chi connectivity index (χ0v) is 9.18. The Bertz CT molecular complexity index is 460. The van der Waals surface area contributed by atoms with E-state index in [1.807, 2.05) is 6.07 Å². The lowest BCUT2D eigenvalue weighted by atomic mass is 10.5. The molecule has 2 aromatic heterocycles. The molecule has 0 atom stereocenters. The predicted octanol–water partition coefficient (Wildman–Crippen LogP) is 2.01. The van der Waals surface area contributed by atoms with Crippen LogP contribution in [-0.4, -0.2) is 15.0 Å². The number of aromatic nitrogens is 3. The largest absolute Gasteiger partial charge is 0.435 e. The summed E-state index contributed by atoms with van der Waals surface area (Å²) in [6.07, 6.45) is 4.62. The van der Waals surface area contributed by atoms with Crippen molar-refractivity contribution in [1.82, 2.24) is 15.0 Å². The second-order valence-corrected chi connectivity index (χ2v) is 3.52. The van der Waals surface area contributed by atoms with Crippen LogP contribution in [0.4, 0.5) is 5.95 Å². The first-order chi connectivity index (χ1) is 7.25. The fourth-order valence-corrected chi connectivity index (χ4v) is 1.27. The number of ether oxygens (including phenoxy) is 1. The number of pyridine rings is 1. The van der Waals surface area contributed by atoms with Crippen LogP contribution in [0.25, 0.3) is 0 Å². The van der Waals surface area contributed by atoms with Gasteiger partial charge in [-0.05, 0) is 28.1 Å². The standard InChI is InChI=1S/C9H7BrN4O/c10-7-2-1-3-12-8(7)15-6-4-13-9(11)14-5-6/h1-5H,(H2,11,13,14). The van der Waals surface area contributed by atoms with E-state index < -0.39 is 0 Å². The topological polar surface area (TPSA) is 73.9 Å². The average Bonchev–Trinajstić information content (AvgIpc) is 2.25. The van der Waals surface area contributed by atoms with Gasteiger partial charge in [0.2, 0.25) is 11.8 Å². The molecule has 0 aromatic carbocycles. The number of nitrogens with zero attached hydrogens (tertiary/aromatic N) is 3. The van der Waals surface area contributed by atoms with Gasteiger partial charge in [0.05, 0.1) is 16.9 Å². The molecule has 15 heavy (non-hydrogen) atoms. The van der Waals surface area contributed by atoms with E-state index in [1.54, 1.807) is 12.3 Å². The molecule has 0 aliphatic heterocycles. The van der Waals surface area contributed by atoms with E-state index in [0.29, 0.717) is 11.6 Å². The summed E-state index contributed by atoms with van der Waals surface area (Å²) < 4.78 is 6.19. The smallest absolute Gasteiger partial charge is 0.233 e. The zero-order valence-electron chi connectivity index (χ0n) is 7.59. The van der Waals surface area contributed by atoms with Gasteiger partial charge >= 0.3 is 0 Å². The quantitative estimate of drug-likeness (QED) is 0.900. The highest BCUT2D eigenvalue weighted by Crippen LogP contribution is 2.25. The molecule has 76 valence electrons. The monoisotopic (exact) mass is 266 g/mol. The van der Waals surface area contributed by atoms with Gasteiger partial charge in [-0.3, -0.25) is 0 Å². The van der Waals surface area contributed by atoms with Gasteiger partial charge in [0, 0.05) is 6.20 Å². The van der Waals surface area contributed by atoms with Gasteiger partial charge in [-0.1, -0.05) is 0 Å². The fraction of sp³-hybridized carbons (Fsp3) is 0. The highest BCUT2D eigenvalue weighted by atomic mass is 79.9. The van der Waals surface area contributed by atoms with Crippen LogP contribution in [0.2, 0.25) is 0 Å². The molecule has 2 N–H and O–H groups in total. The van der Waals surface area contributed by atoms with Crippen molar-refractivity contribution in [2.24, 2.45) is 0 Å². The molecule has 0 radical (unpaired) electrons. The first-order valence-corrected chi connectivity index (χ1v) is 4.91. The van der Waals surface area contributed by atoms with E-state index in [0.717, 1.165) is 4.47 Å². The SMILES string of the molecule is Nc1ncc(Oc2ncccc2Br)cn1. The predicted molar refractivity (Wildman–Crippen MR) is 58.5 cm³/mol. The maximum absolute atomic E-state index is 5.43. The summed E-state index contributed by atoms with van der Waals surface area (Å²) in [5.74, 6) is 1.16. The minimum absolute atomic E-state index is 0.211. The van der Waals surface area contributed by atoms with Crippen molar-refractivity contribution in [3.8, 4) is 11.6 Å². The first kappa shape index (κ1) is 9.85. The molecule has 0 fully saturated rings. The summed E-state index contributed by atoms with van der Waals surface area (Å²) in [4.78, 5) is 11.6. The number of nitrogens with two attached hydrogens (primary N) is 1. The molecule has 5 nitrogen and oxygen atoms in total. The van der Waals surface area contributed by atoms with Crippen LogP contribution in [0.5, 0.6) is 11.6 Å². The molecule has 0 aliphatic carbocycles. The first-order valence-electron chi connectivity index (χ1n) is 4.11. The summed E-state index contributed by atoms with van der Waals surface area (Å²) in [6, 6.07) is 3.64. The van der Waals surface area contributed by atoms with Crippen LogP contribution in [0.15, 0.2) is 35.2 Å². The van der Waals surface area contributed by atoms with E-state index in [1.165, 1.54) is 12.4 Å². The van der Waals surface area contributed by atoms with E-state index in [-0.39, 0.29) is 5.95 Å². The Balaban J connectivity index is 2.22. The molecule has 2 aromatic rings. The summed E-state index contributed by atoms with van der Waals surface area (Å²) in [7, 11) is 0. The van der Waals surface area contributed by atoms with Gasteiger partial charge in [-0.15, -0.1) is 0 Å². The van der Waals surface area contributed by atoms with Gasteiger partial charge < -0.3 is 10.5 Å². The number of anilines is 1. The van der Waals surface area contributed by atoms with Crippen molar-refractivity contribution in [1.29, 1.82) is 0 Å². The van der Waals surface area contributed by atoms with Crippen molar-refractivity contribution >= 4 is 21.9 Å². The molecule has 2 heterocycles. The van der Waals surface area contributed by atoms with Crippen LogP contribution in [0, 0.1) is 0 Å². The third-order valence-corrected chi connectivity index (χ3v) is 2.19. The molecule has 0 aliphatic rings. The normalized spacial score (nSPS) is 9.93. The molecular formula is C9H7BrN4O. The van der Waals surface area contributed by atoms with E-state index >= 15 is 0 Å². The van der Waals surface area contributed by atoms with Crippen LogP contribution in [0.3, 0.4) is 0 Å². The average molecular weight is 267 g/mol. The van der Waals surface area contributed by atoms with Crippen LogP contribution < -0.4 is 10.5 Å². The second-order valence-electron chi connectivity index (χ2n) is 2.67. The summed E-state index contributed by atoms with van der Waals surface area (Å²) in [6.45, 7) is 0.